The van der Waals surface area contributed by atoms with Crippen molar-refractivity contribution in [2.75, 3.05) is 0 Å². The second-order valence-electron chi connectivity index (χ2n) is 4.52. The molecule has 0 bridgehead atoms. The Bertz CT molecular complexity index is 572. The summed E-state index contributed by atoms with van der Waals surface area (Å²) in [4.78, 5) is 0. The average molecular weight is 279 g/mol. The van der Waals surface area contributed by atoms with E-state index in [2.05, 4.69) is 5.43 Å². The van der Waals surface area contributed by atoms with Crippen LogP contribution in [0, 0.1) is 12.7 Å². The lowest BCUT2D eigenvalue weighted by Crippen LogP contribution is -2.29. The third-order valence-electron chi connectivity index (χ3n) is 3.18. The van der Waals surface area contributed by atoms with Crippen molar-refractivity contribution in [2.45, 2.75) is 19.4 Å². The van der Waals surface area contributed by atoms with Gasteiger partial charge in [-0.05, 0) is 42.2 Å². The van der Waals surface area contributed by atoms with E-state index in [1.807, 2.05) is 31.2 Å². The van der Waals surface area contributed by atoms with Crippen molar-refractivity contribution >= 4 is 11.6 Å². The second kappa shape index (κ2) is 6.15. The Morgan fingerprint density at radius 3 is 2.63 bits per heavy atom. The highest BCUT2D eigenvalue weighted by Crippen LogP contribution is 2.24. The van der Waals surface area contributed by atoms with Crippen LogP contribution in [0.2, 0.25) is 5.02 Å². The van der Waals surface area contributed by atoms with Crippen LogP contribution in [0.15, 0.2) is 42.5 Å². The highest BCUT2D eigenvalue weighted by atomic mass is 35.5. The summed E-state index contributed by atoms with van der Waals surface area (Å²) in [6.07, 6.45) is 0.475. The molecule has 1 atom stereocenters. The van der Waals surface area contributed by atoms with Gasteiger partial charge >= 0.3 is 0 Å². The zero-order valence-corrected chi connectivity index (χ0v) is 11.4. The smallest absolute Gasteiger partial charge is 0.126 e. The van der Waals surface area contributed by atoms with Crippen LogP contribution >= 0.6 is 11.6 Å². The van der Waals surface area contributed by atoms with Crippen molar-refractivity contribution in [1.29, 1.82) is 0 Å². The van der Waals surface area contributed by atoms with Crippen molar-refractivity contribution in [1.82, 2.24) is 5.43 Å². The van der Waals surface area contributed by atoms with Crippen molar-refractivity contribution in [2.24, 2.45) is 5.84 Å². The summed E-state index contributed by atoms with van der Waals surface area (Å²) in [6.45, 7) is 1.94. The van der Waals surface area contributed by atoms with E-state index >= 15 is 0 Å². The summed E-state index contributed by atoms with van der Waals surface area (Å²) in [5, 5.41) is 0.686. The molecule has 0 aromatic heterocycles. The molecule has 0 fully saturated rings. The molecule has 0 saturated heterocycles. The fourth-order valence-corrected chi connectivity index (χ4v) is 2.17. The molecule has 4 heteroatoms. The number of rotatable bonds is 4. The molecule has 2 aromatic carbocycles. The van der Waals surface area contributed by atoms with E-state index in [9.17, 15) is 4.39 Å². The maximum Gasteiger partial charge on any atom is 0.126 e. The van der Waals surface area contributed by atoms with Crippen LogP contribution in [0.1, 0.15) is 22.7 Å². The Balaban J connectivity index is 2.25. The van der Waals surface area contributed by atoms with E-state index in [-0.39, 0.29) is 11.9 Å². The zero-order chi connectivity index (χ0) is 13.8. The zero-order valence-electron chi connectivity index (χ0n) is 10.7. The van der Waals surface area contributed by atoms with Gasteiger partial charge in [0.1, 0.15) is 5.82 Å². The summed E-state index contributed by atoms with van der Waals surface area (Å²) >= 11 is 6.11. The van der Waals surface area contributed by atoms with Crippen molar-refractivity contribution in [3.05, 3.63) is 70.0 Å². The number of benzene rings is 2. The second-order valence-corrected chi connectivity index (χ2v) is 4.93. The van der Waals surface area contributed by atoms with E-state index in [0.717, 1.165) is 11.1 Å². The first-order valence-corrected chi connectivity index (χ1v) is 6.45. The monoisotopic (exact) mass is 278 g/mol. The number of hydrazine groups is 1. The molecule has 0 saturated carbocycles. The largest absolute Gasteiger partial charge is 0.271 e. The van der Waals surface area contributed by atoms with Gasteiger partial charge < -0.3 is 0 Å². The van der Waals surface area contributed by atoms with Crippen LogP contribution < -0.4 is 11.3 Å². The lowest BCUT2D eigenvalue weighted by Gasteiger charge is -2.17. The first-order valence-electron chi connectivity index (χ1n) is 6.07. The van der Waals surface area contributed by atoms with E-state index in [0.29, 0.717) is 17.0 Å². The maximum atomic E-state index is 13.7. The fourth-order valence-electron chi connectivity index (χ4n) is 1.98. The van der Waals surface area contributed by atoms with E-state index in [1.54, 1.807) is 12.1 Å². The van der Waals surface area contributed by atoms with Crippen molar-refractivity contribution < 1.29 is 4.39 Å². The number of halogens is 2. The lowest BCUT2D eigenvalue weighted by atomic mass is 9.98. The van der Waals surface area contributed by atoms with Crippen molar-refractivity contribution in [3.8, 4) is 0 Å². The Kier molecular flexibility index (Phi) is 4.53. The Hall–Kier alpha value is -1.42. The predicted molar refractivity (Wildman–Crippen MR) is 76.4 cm³/mol. The van der Waals surface area contributed by atoms with E-state index in [4.69, 9.17) is 17.4 Å². The molecule has 0 radical (unpaired) electrons. The van der Waals surface area contributed by atoms with Gasteiger partial charge in [0.05, 0.1) is 6.04 Å². The molecular weight excluding hydrogens is 263 g/mol. The maximum absolute atomic E-state index is 13.7. The Morgan fingerprint density at radius 2 is 2.00 bits per heavy atom. The summed E-state index contributed by atoms with van der Waals surface area (Å²) < 4.78 is 13.7. The molecule has 2 rings (SSSR count). The SMILES string of the molecule is Cc1ccc(C(Cc2ccccc2F)NN)cc1Cl. The summed E-state index contributed by atoms with van der Waals surface area (Å²) in [5.74, 6) is 5.35. The number of hydrogen-bond donors (Lipinski definition) is 2. The molecular formula is C15H16ClFN2. The molecule has 2 nitrogen and oxygen atoms in total. The molecule has 1 unspecified atom stereocenters. The number of aryl methyl sites for hydroxylation is 1. The summed E-state index contributed by atoms with van der Waals surface area (Å²) in [7, 11) is 0. The van der Waals surface area contributed by atoms with Gasteiger partial charge in [-0.25, -0.2) is 4.39 Å². The molecule has 0 aliphatic rings. The van der Waals surface area contributed by atoms with Gasteiger partial charge in [0.25, 0.3) is 0 Å². The van der Waals surface area contributed by atoms with Crippen LogP contribution in [0.4, 0.5) is 4.39 Å². The first-order chi connectivity index (χ1) is 9.11. The number of hydrogen-bond acceptors (Lipinski definition) is 2. The quantitative estimate of drug-likeness (QED) is 0.663. The van der Waals surface area contributed by atoms with E-state index < -0.39 is 0 Å². The molecule has 2 aromatic rings. The molecule has 100 valence electrons. The fraction of sp³-hybridized carbons (Fsp3) is 0.200. The highest BCUT2D eigenvalue weighted by Gasteiger charge is 2.13. The minimum atomic E-state index is -0.221. The van der Waals surface area contributed by atoms with Crippen LogP contribution in [-0.2, 0) is 6.42 Å². The minimum absolute atomic E-state index is 0.171. The molecule has 19 heavy (non-hydrogen) atoms. The predicted octanol–water partition coefficient (Wildman–Crippen LogP) is 3.53. The topological polar surface area (TPSA) is 38.0 Å². The standard InChI is InChI=1S/C15H16ClFN2/c1-10-6-7-12(8-13(10)16)15(19-18)9-11-4-2-3-5-14(11)17/h2-8,15,19H,9,18H2,1H3. The van der Waals surface area contributed by atoms with Gasteiger partial charge in [0.2, 0.25) is 0 Å². The summed E-state index contributed by atoms with van der Waals surface area (Å²) in [5.41, 5.74) is 5.29. The van der Waals surface area contributed by atoms with Gasteiger partial charge in [0, 0.05) is 5.02 Å². The lowest BCUT2D eigenvalue weighted by molar-refractivity contribution is 0.529. The molecule has 0 amide bonds. The first kappa shape index (κ1) is 14.0. The van der Waals surface area contributed by atoms with E-state index in [1.165, 1.54) is 6.07 Å². The van der Waals surface area contributed by atoms with Crippen LogP contribution in [0.5, 0.6) is 0 Å². The van der Waals surface area contributed by atoms with Gasteiger partial charge in [-0.3, -0.25) is 11.3 Å². The number of nitrogens with one attached hydrogen (secondary N) is 1. The molecule has 0 spiro atoms. The third kappa shape index (κ3) is 3.32. The number of nitrogens with two attached hydrogens (primary N) is 1. The van der Waals surface area contributed by atoms with Crippen molar-refractivity contribution in [3.63, 3.8) is 0 Å². The van der Waals surface area contributed by atoms with Crippen LogP contribution in [0.25, 0.3) is 0 Å². The van der Waals surface area contributed by atoms with Gasteiger partial charge in [0.15, 0.2) is 0 Å². The molecule has 0 aliphatic carbocycles. The van der Waals surface area contributed by atoms with Gasteiger partial charge in [-0.1, -0.05) is 41.9 Å². The highest BCUT2D eigenvalue weighted by molar-refractivity contribution is 6.31. The normalized spacial score (nSPS) is 12.4. The van der Waals surface area contributed by atoms with Crippen LogP contribution in [0.3, 0.4) is 0 Å². The summed E-state index contributed by atoms with van der Waals surface area (Å²) in [6, 6.07) is 12.3. The molecule has 0 aliphatic heterocycles. The van der Waals surface area contributed by atoms with Crippen LogP contribution in [-0.4, -0.2) is 0 Å². The third-order valence-corrected chi connectivity index (χ3v) is 3.59. The minimum Gasteiger partial charge on any atom is -0.271 e. The average Bonchev–Trinajstić information content (AvgIpc) is 2.41. The molecule has 3 N–H and O–H groups in total. The Labute approximate surface area is 117 Å². The van der Waals surface area contributed by atoms with Gasteiger partial charge in [-0.15, -0.1) is 0 Å². The molecule has 0 heterocycles. The Morgan fingerprint density at radius 1 is 1.26 bits per heavy atom. The van der Waals surface area contributed by atoms with Gasteiger partial charge in [-0.2, -0.15) is 0 Å².